The maximum atomic E-state index is 11.6. The van der Waals surface area contributed by atoms with Gasteiger partial charge in [0.15, 0.2) is 0 Å². The number of hydrogen-bond donors (Lipinski definition) is 1. The highest BCUT2D eigenvalue weighted by atomic mass is 16.6. The lowest BCUT2D eigenvalue weighted by Gasteiger charge is -2.17. The van der Waals surface area contributed by atoms with Gasteiger partial charge in [-0.3, -0.25) is 19.6 Å². The van der Waals surface area contributed by atoms with Gasteiger partial charge >= 0.3 is 5.69 Å². The van der Waals surface area contributed by atoms with E-state index >= 15 is 0 Å². The number of rotatable bonds is 9. The zero-order valence-electron chi connectivity index (χ0n) is 11.9. The fourth-order valence-electron chi connectivity index (χ4n) is 1.81. The van der Waals surface area contributed by atoms with Crippen LogP contribution in [0.15, 0.2) is 12.4 Å². The van der Waals surface area contributed by atoms with Gasteiger partial charge in [0.25, 0.3) is 0 Å². The van der Waals surface area contributed by atoms with Gasteiger partial charge in [-0.2, -0.15) is 5.10 Å². The van der Waals surface area contributed by atoms with Crippen LogP contribution in [0.5, 0.6) is 0 Å². The summed E-state index contributed by atoms with van der Waals surface area (Å²) in [6.07, 6.45) is 3.26. The monoisotopic (exact) mass is 283 g/mol. The van der Waals surface area contributed by atoms with Gasteiger partial charge in [-0.1, -0.05) is 13.8 Å². The summed E-state index contributed by atoms with van der Waals surface area (Å²) in [6, 6.07) is 0. The Kier molecular flexibility index (Phi) is 6.65. The molecular weight excluding hydrogens is 262 g/mol. The lowest BCUT2D eigenvalue weighted by Crippen LogP contribution is -2.31. The molecule has 112 valence electrons. The van der Waals surface area contributed by atoms with Crippen LogP contribution in [-0.4, -0.2) is 51.7 Å². The Labute approximate surface area is 117 Å². The molecule has 0 aromatic carbocycles. The van der Waals surface area contributed by atoms with E-state index in [0.29, 0.717) is 6.54 Å². The molecule has 8 nitrogen and oxygen atoms in total. The summed E-state index contributed by atoms with van der Waals surface area (Å²) >= 11 is 0. The van der Waals surface area contributed by atoms with E-state index in [0.717, 1.165) is 32.3 Å². The average Bonchev–Trinajstić information content (AvgIpc) is 2.87. The first-order valence-corrected chi connectivity index (χ1v) is 6.72. The predicted molar refractivity (Wildman–Crippen MR) is 74.3 cm³/mol. The Bertz CT molecular complexity index is 442. The Morgan fingerprint density at radius 1 is 1.50 bits per heavy atom. The molecule has 1 aromatic rings. The number of amides is 1. The van der Waals surface area contributed by atoms with Crippen molar-refractivity contribution in [3.63, 3.8) is 0 Å². The lowest BCUT2D eigenvalue weighted by atomic mass is 10.3. The molecule has 1 N–H and O–H groups in total. The first-order valence-electron chi connectivity index (χ1n) is 6.72. The van der Waals surface area contributed by atoms with Crippen molar-refractivity contribution in [1.29, 1.82) is 0 Å². The molecule has 1 heterocycles. The van der Waals surface area contributed by atoms with Crippen molar-refractivity contribution in [1.82, 2.24) is 20.0 Å². The second kappa shape index (κ2) is 8.26. The minimum Gasteiger partial charge on any atom is -0.354 e. The summed E-state index contributed by atoms with van der Waals surface area (Å²) in [5.74, 6) is -0.192. The van der Waals surface area contributed by atoms with Crippen LogP contribution in [0.3, 0.4) is 0 Å². The summed E-state index contributed by atoms with van der Waals surface area (Å²) in [4.78, 5) is 23.8. The molecule has 0 aliphatic rings. The maximum absolute atomic E-state index is 11.6. The third kappa shape index (κ3) is 5.35. The van der Waals surface area contributed by atoms with E-state index in [2.05, 4.69) is 29.2 Å². The van der Waals surface area contributed by atoms with Crippen LogP contribution in [0.2, 0.25) is 0 Å². The molecule has 1 rings (SSSR count). The van der Waals surface area contributed by atoms with Crippen molar-refractivity contribution in [2.24, 2.45) is 0 Å². The normalized spacial score (nSPS) is 10.8. The molecule has 0 aliphatic heterocycles. The first-order chi connectivity index (χ1) is 9.56. The molecule has 0 saturated carbocycles. The molecule has 0 aliphatic carbocycles. The molecule has 0 fully saturated rings. The third-order valence-electron chi connectivity index (χ3n) is 3.00. The molecule has 0 atom stereocenters. The minimum absolute atomic E-state index is 0.000883. The Morgan fingerprint density at radius 3 is 2.75 bits per heavy atom. The van der Waals surface area contributed by atoms with Crippen LogP contribution in [0, 0.1) is 10.1 Å². The van der Waals surface area contributed by atoms with Crippen molar-refractivity contribution in [3.05, 3.63) is 22.5 Å². The zero-order chi connectivity index (χ0) is 15.0. The second-order valence-electron chi connectivity index (χ2n) is 4.38. The van der Waals surface area contributed by atoms with Crippen LogP contribution in [0.4, 0.5) is 5.69 Å². The SMILES string of the molecule is CCN(CC)CCCNC(=O)Cn1cc([N+](=O)[O-])cn1. The predicted octanol–water partition coefficient (Wildman–Crippen LogP) is 0.639. The maximum Gasteiger partial charge on any atom is 0.307 e. The Hall–Kier alpha value is -1.96. The van der Waals surface area contributed by atoms with Crippen LogP contribution in [0.25, 0.3) is 0 Å². The van der Waals surface area contributed by atoms with Crippen LogP contribution < -0.4 is 5.32 Å². The van der Waals surface area contributed by atoms with Gasteiger partial charge in [0, 0.05) is 6.54 Å². The van der Waals surface area contributed by atoms with Crippen LogP contribution >= 0.6 is 0 Å². The molecule has 0 unspecified atom stereocenters. The fraction of sp³-hybridized carbons (Fsp3) is 0.667. The van der Waals surface area contributed by atoms with E-state index in [1.807, 2.05) is 0 Å². The highest BCUT2D eigenvalue weighted by Gasteiger charge is 2.10. The van der Waals surface area contributed by atoms with E-state index < -0.39 is 4.92 Å². The molecular formula is C12H21N5O3. The number of nitrogens with one attached hydrogen (secondary N) is 1. The van der Waals surface area contributed by atoms with Crippen LogP contribution in [-0.2, 0) is 11.3 Å². The highest BCUT2D eigenvalue weighted by Crippen LogP contribution is 2.07. The molecule has 0 saturated heterocycles. The summed E-state index contributed by atoms with van der Waals surface area (Å²) in [7, 11) is 0. The number of aromatic nitrogens is 2. The van der Waals surface area contributed by atoms with Crippen molar-refractivity contribution in [2.75, 3.05) is 26.2 Å². The molecule has 1 aromatic heterocycles. The quantitative estimate of drug-likeness (QED) is 0.408. The van der Waals surface area contributed by atoms with Gasteiger partial charge < -0.3 is 10.2 Å². The number of carbonyl (C=O) groups is 1. The van der Waals surface area contributed by atoms with Gasteiger partial charge in [0.05, 0.1) is 4.92 Å². The number of nitrogens with zero attached hydrogens (tertiary/aromatic N) is 4. The van der Waals surface area contributed by atoms with Gasteiger partial charge in [0.2, 0.25) is 5.91 Å². The summed E-state index contributed by atoms with van der Waals surface area (Å²) < 4.78 is 1.26. The topological polar surface area (TPSA) is 93.3 Å². The third-order valence-corrected chi connectivity index (χ3v) is 3.00. The standard InChI is InChI=1S/C12H21N5O3/c1-3-15(4-2)7-5-6-13-12(18)10-16-9-11(8-14-16)17(19)20/h8-9H,3-7,10H2,1-2H3,(H,13,18). The number of nitro groups is 1. The molecule has 1 amide bonds. The van der Waals surface area contributed by atoms with Crippen molar-refractivity contribution >= 4 is 11.6 Å². The Balaban J connectivity index is 2.24. The molecule has 8 heteroatoms. The average molecular weight is 283 g/mol. The van der Waals surface area contributed by atoms with Crippen molar-refractivity contribution in [3.8, 4) is 0 Å². The molecule has 0 bridgehead atoms. The second-order valence-corrected chi connectivity index (χ2v) is 4.38. The molecule has 20 heavy (non-hydrogen) atoms. The van der Waals surface area contributed by atoms with E-state index in [1.54, 1.807) is 0 Å². The van der Waals surface area contributed by atoms with Crippen molar-refractivity contribution < 1.29 is 9.72 Å². The van der Waals surface area contributed by atoms with E-state index in [4.69, 9.17) is 0 Å². The van der Waals surface area contributed by atoms with E-state index in [9.17, 15) is 14.9 Å². The summed E-state index contributed by atoms with van der Waals surface area (Å²) in [5.41, 5.74) is -0.112. The largest absolute Gasteiger partial charge is 0.354 e. The van der Waals surface area contributed by atoms with E-state index in [1.165, 1.54) is 10.9 Å². The smallest absolute Gasteiger partial charge is 0.307 e. The Morgan fingerprint density at radius 2 is 2.20 bits per heavy atom. The zero-order valence-corrected chi connectivity index (χ0v) is 11.9. The molecule has 0 spiro atoms. The molecule has 0 radical (unpaired) electrons. The number of carbonyl (C=O) groups excluding carboxylic acids is 1. The highest BCUT2D eigenvalue weighted by molar-refractivity contribution is 5.75. The van der Waals surface area contributed by atoms with Gasteiger partial charge in [-0.05, 0) is 26.1 Å². The van der Waals surface area contributed by atoms with E-state index in [-0.39, 0.29) is 18.1 Å². The number of hydrogen-bond acceptors (Lipinski definition) is 5. The first kappa shape index (κ1) is 16.1. The fourth-order valence-corrected chi connectivity index (χ4v) is 1.81. The lowest BCUT2D eigenvalue weighted by molar-refractivity contribution is -0.385. The summed E-state index contributed by atoms with van der Waals surface area (Å²) in [5, 5.41) is 17.0. The van der Waals surface area contributed by atoms with Crippen molar-refractivity contribution in [2.45, 2.75) is 26.8 Å². The summed E-state index contributed by atoms with van der Waals surface area (Å²) in [6.45, 7) is 7.75. The van der Waals surface area contributed by atoms with Gasteiger partial charge in [0.1, 0.15) is 18.9 Å². The van der Waals surface area contributed by atoms with Gasteiger partial charge in [-0.15, -0.1) is 0 Å². The van der Waals surface area contributed by atoms with Gasteiger partial charge in [-0.25, -0.2) is 0 Å². The van der Waals surface area contributed by atoms with Crippen LogP contribution in [0.1, 0.15) is 20.3 Å². The minimum atomic E-state index is -0.536.